The predicted molar refractivity (Wildman–Crippen MR) is 73.4 cm³/mol. The van der Waals surface area contributed by atoms with E-state index in [0.717, 1.165) is 16.9 Å². The van der Waals surface area contributed by atoms with Crippen molar-refractivity contribution in [1.29, 1.82) is 0 Å². The Morgan fingerprint density at radius 1 is 0.850 bits per heavy atom. The highest BCUT2D eigenvalue weighted by Gasteiger charge is 2.10. The third kappa shape index (κ3) is 2.33. The van der Waals surface area contributed by atoms with E-state index in [2.05, 4.69) is 10.2 Å². The Balaban J connectivity index is 1.91. The maximum atomic E-state index is 9.26. The van der Waals surface area contributed by atoms with Gasteiger partial charge in [-0.3, -0.25) is 0 Å². The van der Waals surface area contributed by atoms with Gasteiger partial charge in [0.2, 0.25) is 11.8 Å². The van der Waals surface area contributed by atoms with E-state index in [9.17, 15) is 5.11 Å². The van der Waals surface area contributed by atoms with Crippen molar-refractivity contribution >= 4 is 0 Å². The van der Waals surface area contributed by atoms with Crippen LogP contribution in [0.3, 0.4) is 0 Å². The van der Waals surface area contributed by atoms with Gasteiger partial charge in [-0.1, -0.05) is 0 Å². The molecule has 3 aromatic rings. The number of nitrogens with zero attached hydrogens (tertiary/aromatic N) is 2. The topological polar surface area (TPSA) is 68.4 Å². The van der Waals surface area contributed by atoms with Gasteiger partial charge in [0.25, 0.3) is 0 Å². The van der Waals surface area contributed by atoms with E-state index in [1.807, 2.05) is 24.3 Å². The molecule has 5 heteroatoms. The third-order valence-corrected chi connectivity index (χ3v) is 2.88. The summed E-state index contributed by atoms with van der Waals surface area (Å²) >= 11 is 0. The molecule has 0 radical (unpaired) electrons. The van der Waals surface area contributed by atoms with E-state index in [0.29, 0.717) is 11.8 Å². The van der Waals surface area contributed by atoms with Gasteiger partial charge in [-0.2, -0.15) is 0 Å². The van der Waals surface area contributed by atoms with Crippen molar-refractivity contribution < 1.29 is 14.3 Å². The fourth-order valence-corrected chi connectivity index (χ4v) is 1.79. The van der Waals surface area contributed by atoms with Crippen molar-refractivity contribution in [2.75, 3.05) is 7.11 Å². The molecule has 1 N–H and O–H groups in total. The van der Waals surface area contributed by atoms with E-state index < -0.39 is 0 Å². The van der Waals surface area contributed by atoms with Gasteiger partial charge in [0.15, 0.2) is 0 Å². The van der Waals surface area contributed by atoms with Gasteiger partial charge in [-0.25, -0.2) is 0 Å². The zero-order valence-corrected chi connectivity index (χ0v) is 10.8. The quantitative estimate of drug-likeness (QED) is 0.790. The van der Waals surface area contributed by atoms with Crippen LogP contribution in [0.1, 0.15) is 0 Å². The molecular weight excluding hydrogens is 256 g/mol. The molecule has 2 aromatic carbocycles. The third-order valence-electron chi connectivity index (χ3n) is 2.88. The van der Waals surface area contributed by atoms with Crippen LogP contribution >= 0.6 is 0 Å². The minimum absolute atomic E-state index is 0.198. The maximum Gasteiger partial charge on any atom is 0.248 e. The van der Waals surface area contributed by atoms with Gasteiger partial charge in [-0.15, -0.1) is 10.2 Å². The molecule has 0 saturated heterocycles. The van der Waals surface area contributed by atoms with Crippen molar-refractivity contribution in [2.45, 2.75) is 0 Å². The average Bonchev–Trinajstić information content (AvgIpc) is 2.98. The number of phenols is 1. The summed E-state index contributed by atoms with van der Waals surface area (Å²) < 4.78 is 10.7. The number of ether oxygens (including phenoxy) is 1. The zero-order chi connectivity index (χ0) is 13.9. The van der Waals surface area contributed by atoms with Crippen molar-refractivity contribution in [3.8, 4) is 34.4 Å². The lowest BCUT2D eigenvalue weighted by Crippen LogP contribution is -1.82. The lowest BCUT2D eigenvalue weighted by Gasteiger charge is -1.99. The Kier molecular flexibility index (Phi) is 3.09. The zero-order valence-electron chi connectivity index (χ0n) is 10.8. The van der Waals surface area contributed by atoms with Crippen molar-refractivity contribution in [3.63, 3.8) is 0 Å². The molecule has 0 amide bonds. The van der Waals surface area contributed by atoms with Crippen molar-refractivity contribution in [1.82, 2.24) is 10.2 Å². The van der Waals surface area contributed by atoms with E-state index in [1.54, 1.807) is 31.4 Å². The molecule has 0 unspecified atom stereocenters. The molecule has 3 rings (SSSR count). The number of methoxy groups -OCH3 is 1. The minimum atomic E-state index is 0.198. The Morgan fingerprint density at radius 3 is 1.85 bits per heavy atom. The van der Waals surface area contributed by atoms with Gasteiger partial charge in [0.05, 0.1) is 7.11 Å². The summed E-state index contributed by atoms with van der Waals surface area (Å²) in [4.78, 5) is 0. The Bertz CT molecular complexity index is 703. The normalized spacial score (nSPS) is 10.4. The second kappa shape index (κ2) is 5.05. The second-order valence-electron chi connectivity index (χ2n) is 4.19. The SMILES string of the molecule is COc1ccc(-c2nnc(-c3ccc(O)cc3)o2)cc1. The average molecular weight is 268 g/mol. The van der Waals surface area contributed by atoms with Gasteiger partial charge in [0, 0.05) is 11.1 Å². The van der Waals surface area contributed by atoms with Gasteiger partial charge in [-0.05, 0) is 48.5 Å². The van der Waals surface area contributed by atoms with Gasteiger partial charge in [0.1, 0.15) is 11.5 Å². The molecule has 0 aliphatic carbocycles. The van der Waals surface area contributed by atoms with Crippen LogP contribution < -0.4 is 4.74 Å². The Hall–Kier alpha value is -2.82. The number of aromatic nitrogens is 2. The van der Waals surface area contributed by atoms with E-state index in [1.165, 1.54) is 0 Å². The number of hydrogen-bond acceptors (Lipinski definition) is 5. The first kappa shape index (κ1) is 12.2. The summed E-state index contributed by atoms with van der Waals surface area (Å²) in [6.45, 7) is 0. The summed E-state index contributed by atoms with van der Waals surface area (Å²) in [5.74, 6) is 1.82. The summed E-state index contributed by atoms with van der Waals surface area (Å²) in [5, 5.41) is 17.3. The smallest absolute Gasteiger partial charge is 0.248 e. The molecule has 1 heterocycles. The highest BCUT2D eigenvalue weighted by atomic mass is 16.5. The largest absolute Gasteiger partial charge is 0.508 e. The number of aromatic hydroxyl groups is 1. The molecule has 0 spiro atoms. The highest BCUT2D eigenvalue weighted by Crippen LogP contribution is 2.26. The first-order chi connectivity index (χ1) is 9.76. The van der Waals surface area contributed by atoms with Crippen LogP contribution in [0.25, 0.3) is 22.9 Å². The first-order valence-corrected chi connectivity index (χ1v) is 6.03. The van der Waals surface area contributed by atoms with Crippen LogP contribution in [-0.4, -0.2) is 22.4 Å². The molecular formula is C15H12N2O3. The van der Waals surface area contributed by atoms with E-state index in [4.69, 9.17) is 9.15 Å². The lowest BCUT2D eigenvalue weighted by atomic mass is 10.2. The fraction of sp³-hybridized carbons (Fsp3) is 0.0667. The van der Waals surface area contributed by atoms with Crippen LogP contribution in [0.15, 0.2) is 52.9 Å². The second-order valence-corrected chi connectivity index (χ2v) is 4.19. The number of hydrogen-bond donors (Lipinski definition) is 1. The summed E-state index contributed by atoms with van der Waals surface area (Å²) in [5.41, 5.74) is 1.58. The number of benzene rings is 2. The van der Waals surface area contributed by atoms with Gasteiger partial charge >= 0.3 is 0 Å². The Morgan fingerprint density at radius 2 is 1.35 bits per heavy atom. The molecule has 0 fully saturated rings. The highest BCUT2D eigenvalue weighted by molar-refractivity contribution is 5.59. The maximum absolute atomic E-state index is 9.26. The summed E-state index contributed by atoms with van der Waals surface area (Å²) in [6.07, 6.45) is 0. The molecule has 0 atom stereocenters. The minimum Gasteiger partial charge on any atom is -0.508 e. The van der Waals surface area contributed by atoms with Gasteiger partial charge < -0.3 is 14.3 Å². The monoisotopic (exact) mass is 268 g/mol. The first-order valence-electron chi connectivity index (χ1n) is 6.03. The predicted octanol–water partition coefficient (Wildman–Crippen LogP) is 3.12. The molecule has 1 aromatic heterocycles. The fourth-order valence-electron chi connectivity index (χ4n) is 1.79. The number of rotatable bonds is 3. The molecule has 0 bridgehead atoms. The van der Waals surface area contributed by atoms with Crippen LogP contribution in [0, 0.1) is 0 Å². The molecule has 0 aliphatic rings. The number of phenolic OH excluding ortho intramolecular Hbond substituents is 1. The van der Waals surface area contributed by atoms with E-state index >= 15 is 0 Å². The standard InChI is InChI=1S/C15H12N2O3/c1-19-13-8-4-11(5-9-13)15-17-16-14(20-15)10-2-6-12(18)7-3-10/h2-9,18H,1H3. The molecule has 20 heavy (non-hydrogen) atoms. The van der Waals surface area contributed by atoms with Crippen molar-refractivity contribution in [3.05, 3.63) is 48.5 Å². The van der Waals surface area contributed by atoms with Crippen molar-refractivity contribution in [2.24, 2.45) is 0 Å². The summed E-state index contributed by atoms with van der Waals surface area (Å²) in [7, 11) is 1.62. The lowest BCUT2D eigenvalue weighted by molar-refractivity contribution is 0.415. The molecule has 100 valence electrons. The van der Waals surface area contributed by atoms with Crippen LogP contribution in [0.4, 0.5) is 0 Å². The van der Waals surface area contributed by atoms with Crippen LogP contribution in [-0.2, 0) is 0 Å². The molecule has 5 nitrogen and oxygen atoms in total. The summed E-state index contributed by atoms with van der Waals surface area (Å²) in [6, 6.07) is 14.0. The van der Waals surface area contributed by atoms with Crippen LogP contribution in [0.2, 0.25) is 0 Å². The van der Waals surface area contributed by atoms with E-state index in [-0.39, 0.29) is 5.75 Å². The molecule has 0 aliphatic heterocycles. The molecule has 0 saturated carbocycles. The van der Waals surface area contributed by atoms with Crippen LogP contribution in [0.5, 0.6) is 11.5 Å². The Labute approximate surface area is 115 Å².